The number of nitrogens with two attached hydrogens (primary N) is 1. The molecule has 0 saturated heterocycles. The molecule has 17 heavy (non-hydrogen) atoms. The van der Waals surface area contributed by atoms with Crippen molar-refractivity contribution in [2.75, 3.05) is 5.73 Å². The van der Waals surface area contributed by atoms with Crippen LogP contribution in [0.4, 0.5) is 10.2 Å². The van der Waals surface area contributed by atoms with Crippen LogP contribution in [0.3, 0.4) is 0 Å². The maximum atomic E-state index is 13.4. The van der Waals surface area contributed by atoms with Crippen molar-refractivity contribution in [3.05, 3.63) is 40.3 Å². The highest BCUT2D eigenvalue weighted by Gasteiger charge is 2.21. The van der Waals surface area contributed by atoms with Crippen LogP contribution in [0, 0.1) is 5.82 Å². The lowest BCUT2D eigenvalue weighted by molar-refractivity contribution is 0.625. The summed E-state index contributed by atoms with van der Waals surface area (Å²) in [6.45, 7) is 0. The predicted octanol–water partition coefficient (Wildman–Crippen LogP) is 2.74. The van der Waals surface area contributed by atoms with Gasteiger partial charge in [0.25, 0.3) is 0 Å². The number of aryl methyl sites for hydroxylation is 1. The average molecular weight is 252 g/mol. The molecule has 0 bridgehead atoms. The van der Waals surface area contributed by atoms with E-state index in [9.17, 15) is 4.39 Å². The zero-order valence-electron chi connectivity index (χ0n) is 9.08. The van der Waals surface area contributed by atoms with E-state index < -0.39 is 5.82 Å². The molecule has 0 fully saturated rings. The average Bonchev–Trinajstić information content (AvgIpc) is 2.86. The maximum Gasteiger partial charge on any atom is 0.143 e. The normalized spacial score (nSPS) is 14.0. The number of hydrogen-bond acceptors (Lipinski definition) is 2. The quantitative estimate of drug-likeness (QED) is 0.847. The fraction of sp³-hybridized carbons (Fsp3) is 0.250. The van der Waals surface area contributed by atoms with Gasteiger partial charge in [-0.25, -0.2) is 9.07 Å². The summed E-state index contributed by atoms with van der Waals surface area (Å²) in [5.74, 6) is 0.151. The summed E-state index contributed by atoms with van der Waals surface area (Å²) in [4.78, 5) is 0. The van der Waals surface area contributed by atoms with Gasteiger partial charge in [0.1, 0.15) is 11.6 Å². The van der Waals surface area contributed by atoms with Gasteiger partial charge in [0, 0.05) is 11.6 Å². The Balaban J connectivity index is 2.12. The Morgan fingerprint density at radius 3 is 2.88 bits per heavy atom. The SMILES string of the molecule is Nc1c2c(nn1-c1ccc(Cl)c(F)c1)CCC2. The van der Waals surface area contributed by atoms with E-state index in [-0.39, 0.29) is 5.02 Å². The first-order valence-corrected chi connectivity index (χ1v) is 5.86. The number of fused-ring (bicyclic) bond motifs is 1. The fourth-order valence-corrected chi connectivity index (χ4v) is 2.35. The van der Waals surface area contributed by atoms with Gasteiger partial charge in [0.15, 0.2) is 0 Å². The summed E-state index contributed by atoms with van der Waals surface area (Å²) in [5, 5.41) is 4.52. The molecule has 1 aliphatic rings. The van der Waals surface area contributed by atoms with Crippen LogP contribution in [0.1, 0.15) is 17.7 Å². The van der Waals surface area contributed by atoms with Gasteiger partial charge in [-0.15, -0.1) is 0 Å². The van der Waals surface area contributed by atoms with E-state index in [2.05, 4.69) is 5.10 Å². The Morgan fingerprint density at radius 1 is 1.35 bits per heavy atom. The van der Waals surface area contributed by atoms with Crippen LogP contribution >= 0.6 is 11.6 Å². The monoisotopic (exact) mass is 251 g/mol. The van der Waals surface area contributed by atoms with E-state index in [1.807, 2.05) is 0 Å². The van der Waals surface area contributed by atoms with Crippen molar-refractivity contribution in [2.45, 2.75) is 19.3 Å². The molecule has 1 aliphatic carbocycles. The zero-order valence-corrected chi connectivity index (χ0v) is 9.84. The molecule has 0 radical (unpaired) electrons. The standard InChI is InChI=1S/C12H11ClFN3/c13-9-5-4-7(6-10(9)14)17-12(15)8-2-1-3-11(8)16-17/h4-6H,1-3,15H2. The second-order valence-electron chi connectivity index (χ2n) is 4.17. The molecule has 2 aromatic rings. The number of rotatable bonds is 1. The largest absolute Gasteiger partial charge is 0.383 e. The van der Waals surface area contributed by atoms with Crippen molar-refractivity contribution in [1.29, 1.82) is 0 Å². The molecule has 1 aromatic carbocycles. The Bertz CT molecular complexity index is 592. The lowest BCUT2D eigenvalue weighted by Crippen LogP contribution is -2.04. The number of anilines is 1. The van der Waals surface area contributed by atoms with E-state index in [1.54, 1.807) is 10.7 Å². The van der Waals surface area contributed by atoms with E-state index in [0.29, 0.717) is 11.5 Å². The summed E-state index contributed by atoms with van der Waals surface area (Å²) in [6, 6.07) is 4.57. The lowest BCUT2D eigenvalue weighted by atomic mass is 10.2. The molecule has 2 N–H and O–H groups in total. The van der Waals surface area contributed by atoms with Gasteiger partial charge in [-0.3, -0.25) is 0 Å². The summed E-state index contributed by atoms with van der Waals surface area (Å²) in [5.41, 5.74) is 8.75. The molecule has 0 aliphatic heterocycles. The predicted molar refractivity (Wildman–Crippen MR) is 65.0 cm³/mol. The Kier molecular flexibility index (Phi) is 2.33. The first-order chi connectivity index (χ1) is 8.16. The van der Waals surface area contributed by atoms with Crippen LogP contribution in [-0.2, 0) is 12.8 Å². The van der Waals surface area contributed by atoms with Crippen LogP contribution in [0.15, 0.2) is 18.2 Å². The number of benzene rings is 1. The third-order valence-corrected chi connectivity index (χ3v) is 3.40. The van der Waals surface area contributed by atoms with E-state index in [4.69, 9.17) is 17.3 Å². The molecular formula is C12H11ClFN3. The molecule has 0 saturated carbocycles. The highest BCUT2D eigenvalue weighted by Crippen LogP contribution is 2.29. The van der Waals surface area contributed by atoms with Crippen LogP contribution in [0.25, 0.3) is 5.69 Å². The molecule has 0 atom stereocenters. The maximum absolute atomic E-state index is 13.4. The van der Waals surface area contributed by atoms with Gasteiger partial charge in [0.05, 0.1) is 16.4 Å². The molecular weight excluding hydrogens is 241 g/mol. The van der Waals surface area contributed by atoms with Crippen LogP contribution in [-0.4, -0.2) is 9.78 Å². The van der Waals surface area contributed by atoms with Crippen molar-refractivity contribution in [2.24, 2.45) is 0 Å². The molecule has 5 heteroatoms. The van der Waals surface area contributed by atoms with E-state index in [0.717, 1.165) is 30.5 Å². The molecule has 88 valence electrons. The molecule has 1 heterocycles. The number of aromatic nitrogens is 2. The van der Waals surface area contributed by atoms with Gasteiger partial charge < -0.3 is 5.73 Å². The summed E-state index contributed by atoms with van der Waals surface area (Å²) in [7, 11) is 0. The lowest BCUT2D eigenvalue weighted by Gasteiger charge is -2.06. The van der Waals surface area contributed by atoms with Gasteiger partial charge in [-0.05, 0) is 31.4 Å². The van der Waals surface area contributed by atoms with Crippen molar-refractivity contribution in [3.63, 3.8) is 0 Å². The third kappa shape index (κ3) is 1.60. The molecule has 1 aromatic heterocycles. The Hall–Kier alpha value is -1.55. The van der Waals surface area contributed by atoms with E-state index >= 15 is 0 Å². The first kappa shape index (κ1) is 10.6. The summed E-state index contributed by atoms with van der Waals surface area (Å²) < 4.78 is 15.0. The molecule has 3 nitrogen and oxygen atoms in total. The topological polar surface area (TPSA) is 43.8 Å². The second kappa shape index (κ2) is 3.74. The highest BCUT2D eigenvalue weighted by atomic mass is 35.5. The minimum absolute atomic E-state index is 0.104. The fourth-order valence-electron chi connectivity index (χ4n) is 2.23. The van der Waals surface area contributed by atoms with Crippen molar-refractivity contribution < 1.29 is 4.39 Å². The highest BCUT2D eigenvalue weighted by molar-refractivity contribution is 6.30. The third-order valence-electron chi connectivity index (χ3n) is 3.09. The molecule has 0 unspecified atom stereocenters. The smallest absolute Gasteiger partial charge is 0.143 e. The second-order valence-corrected chi connectivity index (χ2v) is 4.58. The number of nitrogen functional groups attached to an aromatic ring is 1. The van der Waals surface area contributed by atoms with Crippen LogP contribution < -0.4 is 5.73 Å². The van der Waals surface area contributed by atoms with Gasteiger partial charge in [-0.2, -0.15) is 5.10 Å². The molecule has 3 rings (SSSR count). The minimum atomic E-state index is -0.459. The number of hydrogen-bond donors (Lipinski definition) is 1. The van der Waals surface area contributed by atoms with Gasteiger partial charge in [0.2, 0.25) is 0 Å². The van der Waals surface area contributed by atoms with Crippen molar-refractivity contribution >= 4 is 17.4 Å². The van der Waals surface area contributed by atoms with Crippen LogP contribution in [0.5, 0.6) is 0 Å². The van der Waals surface area contributed by atoms with Crippen molar-refractivity contribution in [3.8, 4) is 5.69 Å². The molecule has 0 spiro atoms. The Labute approximate surface area is 103 Å². The number of nitrogens with zero attached hydrogens (tertiary/aromatic N) is 2. The zero-order chi connectivity index (χ0) is 12.0. The summed E-state index contributed by atoms with van der Waals surface area (Å²) in [6.07, 6.45) is 3.00. The summed E-state index contributed by atoms with van der Waals surface area (Å²) >= 11 is 5.65. The van der Waals surface area contributed by atoms with Gasteiger partial charge in [-0.1, -0.05) is 11.6 Å². The molecule has 0 amide bonds. The Morgan fingerprint density at radius 2 is 2.18 bits per heavy atom. The first-order valence-electron chi connectivity index (χ1n) is 5.48. The minimum Gasteiger partial charge on any atom is -0.383 e. The van der Waals surface area contributed by atoms with Crippen LogP contribution in [0.2, 0.25) is 5.02 Å². The van der Waals surface area contributed by atoms with Crippen molar-refractivity contribution in [1.82, 2.24) is 9.78 Å². The number of halogens is 2. The van der Waals surface area contributed by atoms with Gasteiger partial charge >= 0.3 is 0 Å². The van der Waals surface area contributed by atoms with E-state index in [1.165, 1.54) is 12.1 Å².